The Hall–Kier alpha value is -0.940. The van der Waals surface area contributed by atoms with Crippen molar-refractivity contribution < 1.29 is 13.9 Å². The summed E-state index contributed by atoms with van der Waals surface area (Å²) in [5.74, 6) is 1.73. The van der Waals surface area contributed by atoms with Crippen molar-refractivity contribution in [3.8, 4) is 0 Å². The number of thioether (sulfide) groups is 1. The Morgan fingerprint density at radius 3 is 2.85 bits per heavy atom. The van der Waals surface area contributed by atoms with Gasteiger partial charge >= 0.3 is 5.97 Å². The third-order valence-corrected chi connectivity index (χ3v) is 4.52. The first-order valence-corrected chi connectivity index (χ1v) is 8.02. The number of methoxy groups -OCH3 is 1. The molecule has 0 saturated carbocycles. The molecule has 0 aromatic carbocycles. The molecule has 114 valence electrons. The molecule has 1 aromatic rings. The van der Waals surface area contributed by atoms with E-state index < -0.39 is 5.54 Å². The van der Waals surface area contributed by atoms with Crippen LogP contribution in [0, 0.1) is 6.92 Å². The molecule has 1 rings (SSSR count). The first-order valence-electron chi connectivity index (χ1n) is 7.04. The topological polar surface area (TPSA) is 51.5 Å². The first-order chi connectivity index (χ1) is 9.53. The monoisotopic (exact) mass is 299 g/mol. The van der Waals surface area contributed by atoms with Crippen LogP contribution in [0.4, 0.5) is 0 Å². The maximum absolute atomic E-state index is 11.9. The molecule has 0 spiro atoms. The Kier molecular flexibility index (Phi) is 7.16. The average molecular weight is 299 g/mol. The van der Waals surface area contributed by atoms with Crippen LogP contribution in [0.1, 0.15) is 38.9 Å². The van der Waals surface area contributed by atoms with Crippen molar-refractivity contribution in [1.82, 2.24) is 5.32 Å². The molecule has 0 bridgehead atoms. The lowest BCUT2D eigenvalue weighted by molar-refractivity contribution is -0.148. The van der Waals surface area contributed by atoms with Crippen molar-refractivity contribution in [2.75, 3.05) is 19.4 Å². The quantitative estimate of drug-likeness (QED) is 0.430. The van der Waals surface area contributed by atoms with Gasteiger partial charge in [-0.1, -0.05) is 6.92 Å². The molecular weight excluding hydrogens is 274 g/mol. The molecule has 0 fully saturated rings. The van der Waals surface area contributed by atoms with E-state index >= 15 is 0 Å². The lowest BCUT2D eigenvalue weighted by atomic mass is 9.96. The SMILES string of the molecule is CCCNC(C)(CCCSc1ccoc1C)C(=O)OC. The van der Waals surface area contributed by atoms with Gasteiger partial charge in [0.25, 0.3) is 0 Å². The zero-order valence-corrected chi connectivity index (χ0v) is 13.6. The van der Waals surface area contributed by atoms with Gasteiger partial charge in [0, 0.05) is 4.90 Å². The summed E-state index contributed by atoms with van der Waals surface area (Å²) >= 11 is 1.76. The third kappa shape index (κ3) is 4.87. The summed E-state index contributed by atoms with van der Waals surface area (Å²) in [5, 5.41) is 3.30. The van der Waals surface area contributed by atoms with Crippen LogP contribution >= 0.6 is 11.8 Å². The number of hydrogen-bond acceptors (Lipinski definition) is 5. The molecule has 0 amide bonds. The minimum Gasteiger partial charge on any atom is -0.468 e. The molecule has 1 N–H and O–H groups in total. The Bertz CT molecular complexity index is 419. The molecule has 1 heterocycles. The highest BCUT2D eigenvalue weighted by Crippen LogP contribution is 2.25. The summed E-state index contributed by atoms with van der Waals surface area (Å²) in [4.78, 5) is 13.1. The molecule has 4 nitrogen and oxygen atoms in total. The van der Waals surface area contributed by atoms with E-state index in [0.29, 0.717) is 0 Å². The van der Waals surface area contributed by atoms with E-state index in [0.717, 1.165) is 37.3 Å². The van der Waals surface area contributed by atoms with Gasteiger partial charge in [-0.3, -0.25) is 4.79 Å². The van der Waals surface area contributed by atoms with Crippen LogP contribution < -0.4 is 5.32 Å². The van der Waals surface area contributed by atoms with Crippen LogP contribution in [0.25, 0.3) is 0 Å². The average Bonchev–Trinajstić information content (AvgIpc) is 2.86. The number of hydrogen-bond donors (Lipinski definition) is 1. The van der Waals surface area contributed by atoms with E-state index in [9.17, 15) is 4.79 Å². The smallest absolute Gasteiger partial charge is 0.325 e. The molecule has 5 heteroatoms. The molecule has 1 atom stereocenters. The summed E-state index contributed by atoms with van der Waals surface area (Å²) in [6.07, 6.45) is 4.41. The molecule has 0 aliphatic carbocycles. The van der Waals surface area contributed by atoms with Gasteiger partial charge in [-0.25, -0.2) is 0 Å². The van der Waals surface area contributed by atoms with Crippen LogP contribution in [0.5, 0.6) is 0 Å². The van der Waals surface area contributed by atoms with Crippen LogP contribution in [0.2, 0.25) is 0 Å². The highest BCUT2D eigenvalue weighted by atomic mass is 32.2. The number of nitrogens with one attached hydrogen (secondary N) is 1. The number of ether oxygens (including phenoxy) is 1. The molecule has 1 aromatic heterocycles. The molecule has 20 heavy (non-hydrogen) atoms. The van der Waals surface area contributed by atoms with Crippen molar-refractivity contribution >= 4 is 17.7 Å². The second kappa shape index (κ2) is 8.37. The maximum atomic E-state index is 11.9. The molecule has 0 saturated heterocycles. The normalized spacial score (nSPS) is 14.0. The van der Waals surface area contributed by atoms with E-state index in [4.69, 9.17) is 9.15 Å². The van der Waals surface area contributed by atoms with Gasteiger partial charge in [-0.15, -0.1) is 11.8 Å². The minimum absolute atomic E-state index is 0.185. The summed E-state index contributed by atoms with van der Waals surface area (Å²) in [5.41, 5.74) is -0.587. The van der Waals surface area contributed by atoms with E-state index in [1.807, 2.05) is 19.9 Å². The van der Waals surface area contributed by atoms with Gasteiger partial charge < -0.3 is 14.5 Å². The Labute approximate surface area is 125 Å². The summed E-state index contributed by atoms with van der Waals surface area (Å²) in [6.45, 7) is 6.79. The first kappa shape index (κ1) is 17.1. The van der Waals surface area contributed by atoms with Gasteiger partial charge in [-0.05, 0) is 51.5 Å². The van der Waals surface area contributed by atoms with Crippen LogP contribution in [-0.2, 0) is 9.53 Å². The molecular formula is C15H25NO3S. The Morgan fingerprint density at radius 2 is 2.30 bits per heavy atom. The van der Waals surface area contributed by atoms with Crippen LogP contribution in [0.3, 0.4) is 0 Å². The summed E-state index contributed by atoms with van der Waals surface area (Å²) in [6, 6.07) is 1.98. The predicted octanol–water partition coefficient (Wildman–Crippen LogP) is 3.39. The highest BCUT2D eigenvalue weighted by Gasteiger charge is 2.32. The molecule has 0 radical (unpaired) electrons. The van der Waals surface area contributed by atoms with Gasteiger partial charge in [0.05, 0.1) is 13.4 Å². The predicted molar refractivity (Wildman–Crippen MR) is 82.1 cm³/mol. The zero-order valence-electron chi connectivity index (χ0n) is 12.8. The van der Waals surface area contributed by atoms with Gasteiger partial charge in [0.1, 0.15) is 11.3 Å². The minimum atomic E-state index is -0.587. The van der Waals surface area contributed by atoms with Crippen LogP contribution in [-0.4, -0.2) is 30.9 Å². The van der Waals surface area contributed by atoms with E-state index in [2.05, 4.69) is 12.2 Å². The summed E-state index contributed by atoms with van der Waals surface area (Å²) < 4.78 is 10.2. The maximum Gasteiger partial charge on any atom is 0.325 e. The van der Waals surface area contributed by atoms with Gasteiger partial charge in [-0.2, -0.15) is 0 Å². The number of carbonyl (C=O) groups is 1. The lowest BCUT2D eigenvalue weighted by Crippen LogP contribution is -2.50. The zero-order chi connectivity index (χ0) is 15.0. The third-order valence-electron chi connectivity index (χ3n) is 3.29. The van der Waals surface area contributed by atoms with Gasteiger partial charge in [0.2, 0.25) is 0 Å². The van der Waals surface area contributed by atoms with E-state index in [1.54, 1.807) is 18.0 Å². The standard InChI is InChI=1S/C15H25NO3S/c1-5-9-16-15(3,14(17)18-4)8-6-11-20-13-7-10-19-12(13)2/h7,10,16H,5-6,8-9,11H2,1-4H3. The number of aryl methyl sites for hydroxylation is 1. The molecule has 0 aliphatic heterocycles. The van der Waals surface area contributed by atoms with E-state index in [1.165, 1.54) is 12.0 Å². The second-order valence-corrected chi connectivity index (χ2v) is 6.18. The fraction of sp³-hybridized carbons (Fsp3) is 0.667. The second-order valence-electron chi connectivity index (χ2n) is 5.04. The largest absolute Gasteiger partial charge is 0.468 e. The Balaban J connectivity index is 2.42. The van der Waals surface area contributed by atoms with Crippen molar-refractivity contribution in [2.45, 2.75) is 50.5 Å². The Morgan fingerprint density at radius 1 is 1.55 bits per heavy atom. The molecule has 1 unspecified atom stereocenters. The summed E-state index contributed by atoms with van der Waals surface area (Å²) in [7, 11) is 1.44. The van der Waals surface area contributed by atoms with Crippen molar-refractivity contribution in [1.29, 1.82) is 0 Å². The number of esters is 1. The van der Waals surface area contributed by atoms with Crippen LogP contribution in [0.15, 0.2) is 21.6 Å². The van der Waals surface area contributed by atoms with Gasteiger partial charge in [0.15, 0.2) is 0 Å². The number of rotatable bonds is 9. The lowest BCUT2D eigenvalue weighted by Gasteiger charge is -2.27. The molecule has 0 aliphatic rings. The fourth-order valence-electron chi connectivity index (χ4n) is 2.02. The van der Waals surface area contributed by atoms with Crippen molar-refractivity contribution in [2.24, 2.45) is 0 Å². The number of carbonyl (C=O) groups excluding carboxylic acids is 1. The fourth-order valence-corrected chi connectivity index (χ4v) is 2.93. The highest BCUT2D eigenvalue weighted by molar-refractivity contribution is 7.99. The van der Waals surface area contributed by atoms with Crippen molar-refractivity contribution in [3.63, 3.8) is 0 Å². The van der Waals surface area contributed by atoms with Crippen molar-refractivity contribution in [3.05, 3.63) is 18.1 Å². The van der Waals surface area contributed by atoms with E-state index in [-0.39, 0.29) is 5.97 Å². The number of furan rings is 1.